The van der Waals surface area contributed by atoms with Crippen molar-refractivity contribution in [1.82, 2.24) is 5.32 Å². The number of benzene rings is 1. The van der Waals surface area contributed by atoms with Gasteiger partial charge in [-0.2, -0.15) is 0 Å². The highest BCUT2D eigenvalue weighted by molar-refractivity contribution is 5.29. The predicted molar refractivity (Wildman–Crippen MR) is 67.3 cm³/mol. The van der Waals surface area contributed by atoms with Crippen LogP contribution in [0, 0.1) is 18.6 Å². The van der Waals surface area contributed by atoms with Crippen LogP contribution in [-0.4, -0.2) is 12.6 Å². The molecule has 0 bridgehead atoms. The van der Waals surface area contributed by atoms with E-state index in [4.69, 9.17) is 0 Å². The number of aryl methyl sites for hydroxylation is 1. The minimum Gasteiger partial charge on any atom is -0.315 e. The molecule has 1 rings (SSSR count). The molecular weight excluding hydrogens is 220 g/mol. The quantitative estimate of drug-likeness (QED) is 0.827. The van der Waals surface area contributed by atoms with E-state index in [1.165, 1.54) is 12.1 Å². The minimum atomic E-state index is -0.440. The molecule has 2 unspecified atom stereocenters. The molecule has 3 heteroatoms. The zero-order valence-corrected chi connectivity index (χ0v) is 11.0. The Hall–Kier alpha value is -0.960. The number of halogens is 2. The molecule has 17 heavy (non-hydrogen) atoms. The molecule has 0 aliphatic rings. The molecule has 96 valence electrons. The van der Waals surface area contributed by atoms with Gasteiger partial charge in [0, 0.05) is 11.6 Å². The first-order chi connectivity index (χ1) is 7.97. The zero-order valence-electron chi connectivity index (χ0n) is 11.0. The molecule has 0 spiro atoms. The Morgan fingerprint density at radius 2 is 1.88 bits per heavy atom. The van der Waals surface area contributed by atoms with Crippen LogP contribution >= 0.6 is 0 Å². The fraction of sp³-hybridized carbons (Fsp3) is 0.571. The maximum atomic E-state index is 13.9. The van der Waals surface area contributed by atoms with Crippen LogP contribution in [0.25, 0.3) is 0 Å². The monoisotopic (exact) mass is 241 g/mol. The summed E-state index contributed by atoms with van der Waals surface area (Å²) < 4.78 is 27.5. The topological polar surface area (TPSA) is 12.0 Å². The van der Waals surface area contributed by atoms with E-state index in [1.807, 2.05) is 20.8 Å². The molecule has 1 N–H and O–H groups in total. The van der Waals surface area contributed by atoms with Gasteiger partial charge in [-0.05, 0) is 44.4 Å². The maximum absolute atomic E-state index is 13.9. The van der Waals surface area contributed by atoms with Gasteiger partial charge >= 0.3 is 0 Å². The Kier molecular flexibility index (Phi) is 5.06. The van der Waals surface area contributed by atoms with E-state index in [-0.39, 0.29) is 17.5 Å². The van der Waals surface area contributed by atoms with Gasteiger partial charge in [-0.3, -0.25) is 0 Å². The van der Waals surface area contributed by atoms with Crippen molar-refractivity contribution in [2.75, 3.05) is 6.54 Å². The Bertz CT molecular complexity index is 377. The molecule has 0 aromatic heterocycles. The summed E-state index contributed by atoms with van der Waals surface area (Å²) in [6.45, 7) is 8.46. The highest BCUT2D eigenvalue weighted by Crippen LogP contribution is 2.27. The van der Waals surface area contributed by atoms with Crippen molar-refractivity contribution in [3.63, 3.8) is 0 Å². The molecule has 1 aromatic carbocycles. The van der Waals surface area contributed by atoms with Crippen molar-refractivity contribution in [3.8, 4) is 0 Å². The van der Waals surface area contributed by atoms with E-state index in [0.29, 0.717) is 5.56 Å². The molecule has 0 saturated carbocycles. The lowest BCUT2D eigenvalue weighted by molar-refractivity contribution is 0.459. The SMILES string of the molecule is CCNC(C)CC(C)c1c(F)ccc(C)c1F. The molecule has 0 aliphatic heterocycles. The second-order valence-corrected chi connectivity index (χ2v) is 4.69. The van der Waals surface area contributed by atoms with Crippen LogP contribution < -0.4 is 5.32 Å². The fourth-order valence-corrected chi connectivity index (χ4v) is 2.21. The lowest BCUT2D eigenvalue weighted by Crippen LogP contribution is -2.27. The van der Waals surface area contributed by atoms with E-state index in [1.54, 1.807) is 6.92 Å². The second kappa shape index (κ2) is 6.10. The summed E-state index contributed by atoms with van der Waals surface area (Å²) >= 11 is 0. The third-order valence-electron chi connectivity index (χ3n) is 3.07. The Labute approximate surface area is 102 Å². The van der Waals surface area contributed by atoms with Crippen LogP contribution in [0.5, 0.6) is 0 Å². The highest BCUT2D eigenvalue weighted by atomic mass is 19.1. The van der Waals surface area contributed by atoms with Gasteiger partial charge in [0.25, 0.3) is 0 Å². The summed E-state index contributed by atoms with van der Waals surface area (Å²) in [5.74, 6) is -0.963. The molecule has 0 heterocycles. The van der Waals surface area contributed by atoms with E-state index >= 15 is 0 Å². The van der Waals surface area contributed by atoms with E-state index < -0.39 is 11.6 Å². The molecule has 0 amide bonds. The molecule has 0 aliphatic carbocycles. The summed E-state index contributed by atoms with van der Waals surface area (Å²) in [4.78, 5) is 0. The van der Waals surface area contributed by atoms with Crippen LogP contribution in [0.3, 0.4) is 0 Å². The summed E-state index contributed by atoms with van der Waals surface area (Å²) in [6.07, 6.45) is 0.727. The summed E-state index contributed by atoms with van der Waals surface area (Å²) in [6, 6.07) is 3.09. The fourth-order valence-electron chi connectivity index (χ4n) is 2.21. The van der Waals surface area contributed by atoms with Gasteiger partial charge in [-0.1, -0.05) is 19.9 Å². The molecule has 1 nitrogen and oxygen atoms in total. The summed E-state index contributed by atoms with van der Waals surface area (Å²) in [5, 5.41) is 3.25. The predicted octanol–water partition coefficient (Wildman–Crippen LogP) is 3.76. The largest absolute Gasteiger partial charge is 0.315 e. The van der Waals surface area contributed by atoms with Gasteiger partial charge in [0.2, 0.25) is 0 Å². The average Bonchev–Trinajstić information content (AvgIpc) is 2.24. The first kappa shape index (κ1) is 14.1. The second-order valence-electron chi connectivity index (χ2n) is 4.69. The molecule has 0 radical (unpaired) electrons. The highest BCUT2D eigenvalue weighted by Gasteiger charge is 2.19. The van der Waals surface area contributed by atoms with Crippen molar-refractivity contribution < 1.29 is 8.78 Å². The molecular formula is C14H21F2N. The smallest absolute Gasteiger partial charge is 0.132 e. The van der Waals surface area contributed by atoms with Crippen LogP contribution in [0.4, 0.5) is 8.78 Å². The third kappa shape index (κ3) is 3.50. The lowest BCUT2D eigenvalue weighted by Gasteiger charge is -2.19. The number of hydrogen-bond donors (Lipinski definition) is 1. The van der Waals surface area contributed by atoms with Crippen molar-refractivity contribution in [2.24, 2.45) is 0 Å². The Morgan fingerprint density at radius 1 is 1.24 bits per heavy atom. The van der Waals surface area contributed by atoms with Gasteiger partial charge < -0.3 is 5.32 Å². The van der Waals surface area contributed by atoms with Crippen LogP contribution in [-0.2, 0) is 0 Å². The minimum absolute atomic E-state index is 0.121. The van der Waals surface area contributed by atoms with Crippen molar-refractivity contribution >= 4 is 0 Å². The number of rotatable bonds is 5. The first-order valence-electron chi connectivity index (χ1n) is 6.15. The number of nitrogens with one attached hydrogen (secondary N) is 1. The van der Waals surface area contributed by atoms with E-state index in [9.17, 15) is 8.78 Å². The van der Waals surface area contributed by atoms with Crippen LogP contribution in [0.1, 0.15) is 44.2 Å². The van der Waals surface area contributed by atoms with Gasteiger partial charge in [-0.15, -0.1) is 0 Å². The molecule has 1 aromatic rings. The van der Waals surface area contributed by atoms with E-state index in [0.717, 1.165) is 13.0 Å². The maximum Gasteiger partial charge on any atom is 0.132 e. The van der Waals surface area contributed by atoms with Crippen molar-refractivity contribution in [1.29, 1.82) is 0 Å². The van der Waals surface area contributed by atoms with Gasteiger partial charge in [-0.25, -0.2) is 8.78 Å². The zero-order chi connectivity index (χ0) is 13.0. The lowest BCUT2D eigenvalue weighted by atomic mass is 9.92. The van der Waals surface area contributed by atoms with E-state index in [2.05, 4.69) is 5.32 Å². The Balaban J connectivity index is 2.88. The van der Waals surface area contributed by atoms with Gasteiger partial charge in [0.05, 0.1) is 0 Å². The van der Waals surface area contributed by atoms with Crippen molar-refractivity contribution in [2.45, 2.75) is 46.1 Å². The van der Waals surface area contributed by atoms with Gasteiger partial charge in [0.1, 0.15) is 11.6 Å². The third-order valence-corrected chi connectivity index (χ3v) is 3.07. The number of hydrogen-bond acceptors (Lipinski definition) is 1. The van der Waals surface area contributed by atoms with Gasteiger partial charge in [0.15, 0.2) is 0 Å². The molecule has 0 fully saturated rings. The normalized spacial score (nSPS) is 14.7. The standard InChI is InChI=1S/C14H21F2N/c1-5-17-11(4)8-10(3)13-12(15)7-6-9(2)14(13)16/h6-7,10-11,17H,5,8H2,1-4H3. The summed E-state index contributed by atoms with van der Waals surface area (Å²) in [5.41, 5.74) is 0.721. The molecule has 0 saturated heterocycles. The van der Waals surface area contributed by atoms with Crippen LogP contribution in [0.15, 0.2) is 12.1 Å². The van der Waals surface area contributed by atoms with Crippen LogP contribution in [0.2, 0.25) is 0 Å². The summed E-state index contributed by atoms with van der Waals surface area (Å²) in [7, 11) is 0. The van der Waals surface area contributed by atoms with Crippen molar-refractivity contribution in [3.05, 3.63) is 34.9 Å². The molecule has 2 atom stereocenters. The first-order valence-corrected chi connectivity index (χ1v) is 6.15. The Morgan fingerprint density at radius 3 is 2.47 bits per heavy atom. The average molecular weight is 241 g/mol.